The zero-order valence-corrected chi connectivity index (χ0v) is 24.2. The SMILES string of the molecule is CCN1CCN(CCc2ccc(C(=O)Nc3cc(N(CCF)c4ccc5c(ccn5C(=O)NC)c4)ccn3)cc2)CC1. The van der Waals surface area contributed by atoms with Gasteiger partial charge in [-0.3, -0.25) is 9.36 Å². The molecule has 0 saturated carbocycles. The summed E-state index contributed by atoms with van der Waals surface area (Å²) in [4.78, 5) is 36.3. The Hall–Kier alpha value is -4.28. The predicted octanol–water partition coefficient (Wildman–Crippen LogP) is 4.76. The molecule has 2 aromatic heterocycles. The summed E-state index contributed by atoms with van der Waals surface area (Å²) < 4.78 is 15.2. The van der Waals surface area contributed by atoms with Crippen LogP contribution in [0.2, 0.25) is 0 Å². The summed E-state index contributed by atoms with van der Waals surface area (Å²) in [5.41, 5.74) is 3.96. The minimum Gasteiger partial charge on any atom is -0.340 e. The van der Waals surface area contributed by atoms with Crippen molar-refractivity contribution < 1.29 is 14.0 Å². The molecule has 2 aromatic carbocycles. The number of nitrogens with zero attached hydrogens (tertiary/aromatic N) is 5. The van der Waals surface area contributed by atoms with E-state index < -0.39 is 6.67 Å². The largest absolute Gasteiger partial charge is 0.340 e. The topological polar surface area (TPSA) is 85.7 Å². The summed E-state index contributed by atoms with van der Waals surface area (Å²) in [6, 6.07) is 18.4. The van der Waals surface area contributed by atoms with Crippen LogP contribution in [-0.2, 0) is 6.42 Å². The number of likely N-dealkylation sites (N-methyl/N-ethyl adjacent to an activating group) is 1. The van der Waals surface area contributed by atoms with Gasteiger partial charge in [0.15, 0.2) is 0 Å². The fourth-order valence-electron chi connectivity index (χ4n) is 5.37. The second kappa shape index (κ2) is 13.6. The van der Waals surface area contributed by atoms with E-state index in [1.165, 1.54) is 10.1 Å². The third-order valence-corrected chi connectivity index (χ3v) is 7.87. The second-order valence-corrected chi connectivity index (χ2v) is 10.4. The van der Waals surface area contributed by atoms with Crippen molar-refractivity contribution in [2.24, 2.45) is 0 Å². The van der Waals surface area contributed by atoms with E-state index in [0.29, 0.717) is 17.1 Å². The summed E-state index contributed by atoms with van der Waals surface area (Å²) >= 11 is 0. The Morgan fingerprint density at radius 3 is 2.40 bits per heavy atom. The number of hydrogen-bond donors (Lipinski definition) is 2. The number of rotatable bonds is 10. The number of benzene rings is 2. The average Bonchev–Trinajstić information content (AvgIpc) is 3.46. The number of fused-ring (bicyclic) bond motifs is 1. The molecule has 0 radical (unpaired) electrons. The number of carbonyl (C=O) groups is 2. The van der Waals surface area contributed by atoms with Crippen LogP contribution in [0.15, 0.2) is 73.1 Å². The zero-order chi connectivity index (χ0) is 29.5. The molecule has 3 heterocycles. The first kappa shape index (κ1) is 29.2. The van der Waals surface area contributed by atoms with E-state index in [1.807, 2.05) is 53.4 Å². The number of amides is 2. The molecule has 0 atom stereocenters. The lowest BCUT2D eigenvalue weighted by molar-refractivity contribution is 0.102. The lowest BCUT2D eigenvalue weighted by Crippen LogP contribution is -2.46. The number of halogens is 1. The molecule has 42 heavy (non-hydrogen) atoms. The minimum atomic E-state index is -0.567. The van der Waals surface area contributed by atoms with Crippen molar-refractivity contribution in [2.75, 3.05) is 69.8 Å². The van der Waals surface area contributed by atoms with Gasteiger partial charge in [-0.1, -0.05) is 19.1 Å². The number of anilines is 3. The molecule has 2 amide bonds. The Morgan fingerprint density at radius 1 is 0.952 bits per heavy atom. The Bertz CT molecular complexity index is 1510. The van der Waals surface area contributed by atoms with Gasteiger partial charge in [0.2, 0.25) is 0 Å². The van der Waals surface area contributed by atoms with Gasteiger partial charge < -0.3 is 25.3 Å². The molecule has 0 unspecified atom stereocenters. The van der Waals surface area contributed by atoms with Gasteiger partial charge in [-0.05, 0) is 61.0 Å². The van der Waals surface area contributed by atoms with E-state index in [1.54, 1.807) is 31.6 Å². The Labute approximate surface area is 245 Å². The Morgan fingerprint density at radius 2 is 1.69 bits per heavy atom. The lowest BCUT2D eigenvalue weighted by atomic mass is 10.1. The standard InChI is InChI=1S/C32H38FN7O2/c1-3-37-18-20-38(21-19-37)15-11-24-4-6-25(7-5-24)31(41)36-30-23-28(10-14-35-30)39(17-13-33)27-8-9-29-26(22-27)12-16-40(29)32(42)34-2/h4-10,12,14,16,22-23H,3,11,13,15,17-21H2,1-2H3,(H,34,42)(H,35,36,41). The molecule has 1 saturated heterocycles. The van der Waals surface area contributed by atoms with Crippen molar-refractivity contribution in [3.05, 3.63) is 84.2 Å². The normalized spacial score (nSPS) is 14.2. The quantitative estimate of drug-likeness (QED) is 0.286. The molecule has 0 spiro atoms. The second-order valence-electron chi connectivity index (χ2n) is 10.4. The summed E-state index contributed by atoms with van der Waals surface area (Å²) in [7, 11) is 1.58. The fourth-order valence-corrected chi connectivity index (χ4v) is 5.37. The maximum atomic E-state index is 13.7. The van der Waals surface area contributed by atoms with Crippen molar-refractivity contribution in [2.45, 2.75) is 13.3 Å². The van der Waals surface area contributed by atoms with Crippen molar-refractivity contribution in [1.82, 2.24) is 24.7 Å². The molecule has 1 aliphatic heterocycles. The average molecular weight is 572 g/mol. The first-order chi connectivity index (χ1) is 20.5. The molecule has 5 rings (SSSR count). The van der Waals surface area contributed by atoms with E-state index in [2.05, 4.69) is 32.3 Å². The number of piperazine rings is 1. The van der Waals surface area contributed by atoms with Crippen molar-refractivity contribution in [1.29, 1.82) is 0 Å². The van der Waals surface area contributed by atoms with Crippen LogP contribution in [0, 0.1) is 0 Å². The van der Waals surface area contributed by atoms with Crippen LogP contribution in [0.3, 0.4) is 0 Å². The van der Waals surface area contributed by atoms with Gasteiger partial charge in [-0.25, -0.2) is 14.2 Å². The summed E-state index contributed by atoms with van der Waals surface area (Å²) in [5.74, 6) is 0.124. The van der Waals surface area contributed by atoms with Crippen LogP contribution >= 0.6 is 0 Å². The van der Waals surface area contributed by atoms with Crippen LogP contribution in [0.4, 0.5) is 26.4 Å². The molecule has 220 valence electrons. The molecular formula is C32H38FN7O2. The van der Waals surface area contributed by atoms with E-state index >= 15 is 0 Å². The molecule has 1 aliphatic rings. The maximum Gasteiger partial charge on any atom is 0.325 e. The number of nitrogens with one attached hydrogen (secondary N) is 2. The maximum absolute atomic E-state index is 13.7. The van der Waals surface area contributed by atoms with Crippen LogP contribution in [-0.4, -0.2) is 90.8 Å². The lowest BCUT2D eigenvalue weighted by Gasteiger charge is -2.34. The highest BCUT2D eigenvalue weighted by molar-refractivity contribution is 6.04. The molecule has 0 bridgehead atoms. The third-order valence-electron chi connectivity index (χ3n) is 7.87. The fraction of sp³-hybridized carbons (Fsp3) is 0.344. The van der Waals surface area contributed by atoms with E-state index in [9.17, 15) is 14.0 Å². The van der Waals surface area contributed by atoms with Gasteiger partial charge in [0.1, 0.15) is 12.5 Å². The predicted molar refractivity (Wildman–Crippen MR) is 166 cm³/mol. The van der Waals surface area contributed by atoms with Crippen molar-refractivity contribution in [3.8, 4) is 0 Å². The van der Waals surface area contributed by atoms with Crippen LogP contribution in [0.5, 0.6) is 0 Å². The first-order valence-corrected chi connectivity index (χ1v) is 14.5. The van der Waals surface area contributed by atoms with E-state index in [0.717, 1.165) is 62.3 Å². The molecule has 10 heteroatoms. The highest BCUT2D eigenvalue weighted by Gasteiger charge is 2.16. The van der Waals surface area contributed by atoms with Gasteiger partial charge in [0.25, 0.3) is 5.91 Å². The Balaban J connectivity index is 1.24. The first-order valence-electron chi connectivity index (χ1n) is 14.5. The summed E-state index contributed by atoms with van der Waals surface area (Å²) in [5, 5.41) is 6.35. The van der Waals surface area contributed by atoms with Crippen LogP contribution in [0.1, 0.15) is 22.8 Å². The number of hydrogen-bond acceptors (Lipinski definition) is 6. The highest BCUT2D eigenvalue weighted by atomic mass is 19.1. The van der Waals surface area contributed by atoms with Crippen molar-refractivity contribution >= 4 is 40.0 Å². The number of pyridine rings is 1. The smallest absolute Gasteiger partial charge is 0.325 e. The van der Waals surface area contributed by atoms with Crippen molar-refractivity contribution in [3.63, 3.8) is 0 Å². The molecular weight excluding hydrogens is 533 g/mol. The molecule has 9 nitrogen and oxygen atoms in total. The molecule has 1 fully saturated rings. The molecule has 0 aliphatic carbocycles. The van der Waals surface area contributed by atoms with E-state index in [4.69, 9.17) is 0 Å². The minimum absolute atomic E-state index is 0.120. The van der Waals surface area contributed by atoms with Gasteiger partial charge >= 0.3 is 6.03 Å². The molecule has 4 aromatic rings. The van der Waals surface area contributed by atoms with E-state index in [-0.39, 0.29) is 18.5 Å². The van der Waals surface area contributed by atoms with Gasteiger partial charge in [0, 0.05) is 80.6 Å². The highest BCUT2D eigenvalue weighted by Crippen LogP contribution is 2.30. The van der Waals surface area contributed by atoms with Gasteiger partial charge in [-0.2, -0.15) is 0 Å². The zero-order valence-electron chi connectivity index (χ0n) is 24.2. The van der Waals surface area contributed by atoms with Crippen LogP contribution in [0.25, 0.3) is 10.9 Å². The number of aromatic nitrogens is 2. The molecule has 2 N–H and O–H groups in total. The van der Waals surface area contributed by atoms with Gasteiger partial charge in [-0.15, -0.1) is 0 Å². The monoisotopic (exact) mass is 571 g/mol. The summed E-state index contributed by atoms with van der Waals surface area (Å²) in [6.45, 7) is 8.34. The van der Waals surface area contributed by atoms with Crippen LogP contribution < -0.4 is 15.5 Å². The Kier molecular flexibility index (Phi) is 9.45. The third kappa shape index (κ3) is 6.78. The van der Waals surface area contributed by atoms with Gasteiger partial charge in [0.05, 0.1) is 12.1 Å². The number of alkyl halides is 1. The summed E-state index contributed by atoms with van der Waals surface area (Å²) in [6.07, 6.45) is 4.25. The number of carbonyl (C=O) groups excluding carboxylic acids is 2.